The molecule has 1 aromatic carbocycles. The fraction of sp³-hybridized carbons (Fsp3) is 0.435. The van der Waals surface area contributed by atoms with Crippen LogP contribution in [0.4, 0.5) is 16.3 Å². The smallest absolute Gasteiger partial charge is 0.321 e. The second-order valence-electron chi connectivity index (χ2n) is 8.20. The first-order valence-electron chi connectivity index (χ1n) is 11.0. The van der Waals surface area contributed by atoms with E-state index in [4.69, 9.17) is 14.7 Å². The van der Waals surface area contributed by atoms with Gasteiger partial charge in [-0.05, 0) is 55.5 Å². The van der Waals surface area contributed by atoms with E-state index >= 15 is 0 Å². The van der Waals surface area contributed by atoms with Crippen LogP contribution in [0.1, 0.15) is 29.1 Å². The lowest BCUT2D eigenvalue weighted by Gasteiger charge is -2.36. The molecule has 2 amide bonds. The molecule has 2 aromatic heterocycles. The summed E-state index contributed by atoms with van der Waals surface area (Å²) >= 11 is 5.24. The zero-order valence-electron chi connectivity index (χ0n) is 18.1. The Morgan fingerprint density at radius 3 is 2.62 bits per heavy atom. The highest BCUT2D eigenvalue weighted by Crippen LogP contribution is 2.40. The van der Waals surface area contributed by atoms with E-state index in [1.807, 2.05) is 40.5 Å². The number of nitrogens with one attached hydrogen (secondary N) is 1. The van der Waals surface area contributed by atoms with Crippen molar-refractivity contribution in [3.8, 4) is 0 Å². The van der Waals surface area contributed by atoms with Crippen molar-refractivity contribution in [2.24, 2.45) is 0 Å². The van der Waals surface area contributed by atoms with Crippen LogP contribution >= 0.6 is 27.3 Å². The summed E-state index contributed by atoms with van der Waals surface area (Å²) in [5.74, 6) is 1.73. The number of aromatic nitrogens is 2. The summed E-state index contributed by atoms with van der Waals surface area (Å²) in [4.78, 5) is 29.2. The van der Waals surface area contributed by atoms with Crippen LogP contribution in [-0.4, -0.2) is 54.2 Å². The number of anilines is 2. The number of amides is 2. The molecule has 0 bridgehead atoms. The molecular formula is C23H26BrN5O2S. The van der Waals surface area contributed by atoms with Crippen molar-refractivity contribution < 1.29 is 9.53 Å². The number of ether oxygens (including phenoxy) is 1. The average molecular weight is 516 g/mol. The van der Waals surface area contributed by atoms with Gasteiger partial charge in [-0.2, -0.15) is 0 Å². The predicted molar refractivity (Wildman–Crippen MR) is 132 cm³/mol. The monoisotopic (exact) mass is 515 g/mol. The van der Waals surface area contributed by atoms with Crippen molar-refractivity contribution >= 4 is 55.0 Å². The third kappa shape index (κ3) is 4.33. The summed E-state index contributed by atoms with van der Waals surface area (Å²) in [5.41, 5.74) is 2.23. The molecule has 1 fully saturated rings. The average Bonchev–Trinajstić information content (AvgIpc) is 3.19. The SMILES string of the molecule is COCc1nc(N2CCN(C(=O)Nc3ccc(Br)cc3)CC2)c2c3c(sc2n1)CCCC3. The number of carbonyl (C=O) groups excluding carboxylic acids is 1. The molecule has 0 saturated carbocycles. The molecule has 0 unspecified atom stereocenters. The second-order valence-corrected chi connectivity index (χ2v) is 10.2. The molecule has 1 saturated heterocycles. The van der Waals surface area contributed by atoms with Crippen LogP contribution < -0.4 is 10.2 Å². The molecule has 32 heavy (non-hydrogen) atoms. The summed E-state index contributed by atoms with van der Waals surface area (Å²) in [7, 11) is 1.68. The van der Waals surface area contributed by atoms with Crippen LogP contribution in [0.3, 0.4) is 0 Å². The molecule has 7 nitrogen and oxygen atoms in total. The number of aryl methyl sites for hydroxylation is 2. The number of nitrogens with zero attached hydrogens (tertiary/aromatic N) is 4. The molecular weight excluding hydrogens is 490 g/mol. The van der Waals surface area contributed by atoms with Crippen molar-refractivity contribution in [1.29, 1.82) is 0 Å². The Morgan fingerprint density at radius 2 is 1.88 bits per heavy atom. The second kappa shape index (κ2) is 9.33. The predicted octanol–water partition coefficient (Wildman–Crippen LogP) is 4.83. The van der Waals surface area contributed by atoms with Gasteiger partial charge in [-0.15, -0.1) is 11.3 Å². The number of fused-ring (bicyclic) bond motifs is 3. The van der Waals surface area contributed by atoms with Crippen LogP contribution in [-0.2, 0) is 24.2 Å². The maximum atomic E-state index is 12.7. The van der Waals surface area contributed by atoms with Crippen LogP contribution in [0.2, 0.25) is 0 Å². The first-order valence-corrected chi connectivity index (χ1v) is 12.6. The summed E-state index contributed by atoms with van der Waals surface area (Å²) in [6, 6.07) is 7.58. The van der Waals surface area contributed by atoms with E-state index in [0.29, 0.717) is 19.7 Å². The number of hydrogen-bond donors (Lipinski definition) is 1. The zero-order chi connectivity index (χ0) is 22.1. The van der Waals surface area contributed by atoms with E-state index in [-0.39, 0.29) is 6.03 Å². The molecule has 0 spiro atoms. The van der Waals surface area contributed by atoms with Crippen LogP contribution in [0, 0.1) is 0 Å². The Hall–Kier alpha value is -2.23. The highest BCUT2D eigenvalue weighted by molar-refractivity contribution is 9.10. The van der Waals surface area contributed by atoms with Crippen LogP contribution in [0.5, 0.6) is 0 Å². The highest BCUT2D eigenvalue weighted by atomic mass is 79.9. The van der Waals surface area contributed by atoms with Gasteiger partial charge in [0, 0.05) is 48.3 Å². The van der Waals surface area contributed by atoms with Gasteiger partial charge >= 0.3 is 6.03 Å². The van der Waals surface area contributed by atoms with Crippen molar-refractivity contribution in [3.63, 3.8) is 0 Å². The number of rotatable bonds is 4. The summed E-state index contributed by atoms with van der Waals surface area (Å²) in [6.45, 7) is 3.20. The fourth-order valence-electron chi connectivity index (χ4n) is 4.46. The molecule has 2 aliphatic rings. The van der Waals surface area contributed by atoms with Gasteiger partial charge in [0.05, 0.1) is 5.39 Å². The Bertz CT molecular complexity index is 1130. The number of thiophene rings is 1. The highest BCUT2D eigenvalue weighted by Gasteiger charge is 2.27. The number of piperazine rings is 1. The molecule has 5 rings (SSSR count). The third-order valence-corrected chi connectivity index (χ3v) is 7.79. The summed E-state index contributed by atoms with van der Waals surface area (Å²) in [6.07, 6.45) is 4.71. The zero-order valence-corrected chi connectivity index (χ0v) is 20.5. The lowest BCUT2D eigenvalue weighted by molar-refractivity contribution is 0.178. The van der Waals surface area contributed by atoms with Gasteiger partial charge in [0.2, 0.25) is 0 Å². The van der Waals surface area contributed by atoms with Crippen molar-refractivity contribution in [2.45, 2.75) is 32.3 Å². The normalized spacial score (nSPS) is 16.3. The number of urea groups is 1. The van der Waals surface area contributed by atoms with Gasteiger partial charge in [-0.25, -0.2) is 14.8 Å². The molecule has 3 aromatic rings. The van der Waals surface area contributed by atoms with E-state index < -0.39 is 0 Å². The van der Waals surface area contributed by atoms with Gasteiger partial charge in [0.25, 0.3) is 0 Å². The fourth-order valence-corrected chi connectivity index (χ4v) is 6.00. The summed E-state index contributed by atoms with van der Waals surface area (Å²) < 4.78 is 6.32. The molecule has 0 atom stereocenters. The lowest BCUT2D eigenvalue weighted by atomic mass is 9.97. The number of halogens is 1. The number of hydrogen-bond acceptors (Lipinski definition) is 6. The number of benzene rings is 1. The first-order chi connectivity index (χ1) is 15.6. The maximum absolute atomic E-state index is 12.7. The minimum atomic E-state index is -0.0622. The molecule has 1 aliphatic carbocycles. The van der Waals surface area contributed by atoms with Gasteiger partial charge < -0.3 is 19.9 Å². The standard InChI is InChI=1S/C23H26BrN5O2S/c1-31-14-19-26-21(20-17-4-2-3-5-18(17)32-22(20)27-19)28-10-12-29(13-11-28)23(30)25-16-8-6-15(24)7-9-16/h6-9H,2-5,10-14H2,1H3,(H,25,30). The Balaban J connectivity index is 1.35. The van der Waals surface area contributed by atoms with Crippen molar-refractivity contribution in [2.75, 3.05) is 43.5 Å². The number of methoxy groups -OCH3 is 1. The van der Waals surface area contributed by atoms with Crippen molar-refractivity contribution in [3.05, 3.63) is 45.0 Å². The largest absolute Gasteiger partial charge is 0.377 e. The Kier molecular flexibility index (Phi) is 6.30. The van der Waals surface area contributed by atoms with Crippen LogP contribution in [0.15, 0.2) is 28.7 Å². The molecule has 168 valence electrons. The molecule has 1 N–H and O–H groups in total. The molecule has 3 heterocycles. The minimum absolute atomic E-state index is 0.0622. The maximum Gasteiger partial charge on any atom is 0.321 e. The van der Waals surface area contributed by atoms with E-state index in [0.717, 1.165) is 52.6 Å². The third-order valence-electron chi connectivity index (χ3n) is 6.08. The van der Waals surface area contributed by atoms with Gasteiger partial charge in [0.1, 0.15) is 17.3 Å². The topological polar surface area (TPSA) is 70.6 Å². The van der Waals surface area contributed by atoms with E-state index in [2.05, 4.69) is 26.1 Å². The quantitative estimate of drug-likeness (QED) is 0.538. The Labute approximate surface area is 199 Å². The molecule has 0 radical (unpaired) electrons. The Morgan fingerprint density at radius 1 is 1.12 bits per heavy atom. The van der Waals surface area contributed by atoms with Crippen molar-refractivity contribution in [1.82, 2.24) is 14.9 Å². The first kappa shape index (κ1) is 21.6. The van der Waals surface area contributed by atoms with E-state index in [1.165, 1.54) is 28.7 Å². The lowest BCUT2D eigenvalue weighted by Crippen LogP contribution is -2.50. The van der Waals surface area contributed by atoms with E-state index in [9.17, 15) is 4.79 Å². The van der Waals surface area contributed by atoms with Gasteiger partial charge in [0.15, 0.2) is 5.82 Å². The van der Waals surface area contributed by atoms with Crippen LogP contribution in [0.25, 0.3) is 10.2 Å². The number of carbonyl (C=O) groups is 1. The molecule has 1 aliphatic heterocycles. The van der Waals surface area contributed by atoms with Gasteiger partial charge in [-0.1, -0.05) is 15.9 Å². The minimum Gasteiger partial charge on any atom is -0.377 e. The molecule has 9 heteroatoms. The summed E-state index contributed by atoms with van der Waals surface area (Å²) in [5, 5.41) is 4.21. The van der Waals surface area contributed by atoms with Gasteiger partial charge in [-0.3, -0.25) is 0 Å². The van der Waals surface area contributed by atoms with E-state index in [1.54, 1.807) is 7.11 Å².